The first kappa shape index (κ1) is 16.9. The maximum atomic E-state index is 12.4. The number of hydrogen-bond donors (Lipinski definition) is 1. The van der Waals surface area contributed by atoms with E-state index in [4.69, 9.17) is 9.47 Å². The fourth-order valence-electron chi connectivity index (χ4n) is 3.26. The number of ether oxygens (including phenoxy) is 2. The molecule has 2 aliphatic rings. The van der Waals surface area contributed by atoms with Crippen molar-refractivity contribution in [1.29, 1.82) is 0 Å². The van der Waals surface area contributed by atoms with Gasteiger partial charge in [-0.25, -0.2) is 8.42 Å². The van der Waals surface area contributed by atoms with Crippen LogP contribution in [0.4, 0.5) is 0 Å². The SMILES string of the molecule is Cc1cc(C(=O)NCc2ccc3c(c2)OCO3)nn1C1CCS(=O)(=O)C1. The molecule has 4 rings (SSSR count). The van der Waals surface area contributed by atoms with Gasteiger partial charge in [-0.2, -0.15) is 5.10 Å². The van der Waals surface area contributed by atoms with Gasteiger partial charge in [-0.15, -0.1) is 0 Å². The van der Waals surface area contributed by atoms with Crippen LogP contribution in [-0.4, -0.2) is 42.4 Å². The van der Waals surface area contributed by atoms with Crippen molar-refractivity contribution in [3.05, 3.63) is 41.2 Å². The quantitative estimate of drug-likeness (QED) is 0.860. The molecule has 1 unspecified atom stereocenters. The van der Waals surface area contributed by atoms with Crippen molar-refractivity contribution in [3.63, 3.8) is 0 Å². The van der Waals surface area contributed by atoms with Crippen LogP contribution in [-0.2, 0) is 16.4 Å². The molecule has 8 nitrogen and oxygen atoms in total. The smallest absolute Gasteiger partial charge is 0.272 e. The summed E-state index contributed by atoms with van der Waals surface area (Å²) in [4.78, 5) is 12.4. The van der Waals surface area contributed by atoms with E-state index in [-0.39, 0.29) is 35.9 Å². The molecule has 1 N–H and O–H groups in total. The Kier molecular flexibility index (Phi) is 4.10. The number of nitrogens with zero attached hydrogens (tertiary/aromatic N) is 2. The van der Waals surface area contributed by atoms with Crippen molar-refractivity contribution in [2.45, 2.75) is 25.9 Å². The zero-order valence-corrected chi connectivity index (χ0v) is 15.1. The molecule has 1 atom stereocenters. The van der Waals surface area contributed by atoms with Crippen LogP contribution in [0, 0.1) is 6.92 Å². The van der Waals surface area contributed by atoms with Crippen molar-refractivity contribution >= 4 is 15.7 Å². The number of aryl methyl sites for hydroxylation is 1. The van der Waals surface area contributed by atoms with Crippen LogP contribution in [0.5, 0.6) is 11.5 Å². The summed E-state index contributed by atoms with van der Waals surface area (Å²) in [7, 11) is -3.01. The summed E-state index contributed by atoms with van der Waals surface area (Å²) in [5, 5.41) is 7.15. The third-order valence-electron chi connectivity index (χ3n) is 4.60. The largest absolute Gasteiger partial charge is 0.454 e. The normalized spacial score (nSPS) is 20.3. The van der Waals surface area contributed by atoms with Crippen molar-refractivity contribution < 1.29 is 22.7 Å². The number of carbonyl (C=O) groups is 1. The van der Waals surface area contributed by atoms with Gasteiger partial charge in [0.1, 0.15) is 5.69 Å². The monoisotopic (exact) mass is 377 g/mol. The molecule has 0 saturated carbocycles. The van der Waals surface area contributed by atoms with Crippen LogP contribution in [0.3, 0.4) is 0 Å². The summed E-state index contributed by atoms with van der Waals surface area (Å²) >= 11 is 0. The van der Waals surface area contributed by atoms with Crippen molar-refractivity contribution in [2.24, 2.45) is 0 Å². The van der Waals surface area contributed by atoms with Crippen LogP contribution in [0.1, 0.15) is 34.2 Å². The molecule has 1 aromatic heterocycles. The Balaban J connectivity index is 1.43. The standard InChI is InChI=1S/C17H19N3O5S/c1-11-6-14(19-20(11)13-4-5-26(22,23)9-13)17(21)18-8-12-2-3-15-16(7-12)25-10-24-15/h2-3,6-7,13H,4-5,8-10H2,1H3,(H,18,21). The molecule has 1 saturated heterocycles. The summed E-state index contributed by atoms with van der Waals surface area (Å²) in [6.07, 6.45) is 0.531. The van der Waals surface area contributed by atoms with Gasteiger partial charge in [0, 0.05) is 12.2 Å². The molecular weight excluding hydrogens is 358 g/mol. The minimum atomic E-state index is -3.01. The zero-order valence-electron chi connectivity index (χ0n) is 14.3. The molecule has 2 aliphatic heterocycles. The molecule has 9 heteroatoms. The minimum Gasteiger partial charge on any atom is -0.454 e. The molecule has 1 aromatic carbocycles. The molecule has 0 aliphatic carbocycles. The summed E-state index contributed by atoms with van der Waals surface area (Å²) in [5.74, 6) is 1.31. The lowest BCUT2D eigenvalue weighted by atomic mass is 10.2. The molecule has 26 heavy (non-hydrogen) atoms. The molecule has 3 heterocycles. The number of sulfone groups is 1. The van der Waals surface area contributed by atoms with Crippen LogP contribution < -0.4 is 14.8 Å². The topological polar surface area (TPSA) is 99.5 Å². The molecule has 1 amide bonds. The summed E-state index contributed by atoms with van der Waals surface area (Å²) in [6.45, 7) is 2.37. The van der Waals surface area contributed by atoms with E-state index in [1.807, 2.05) is 25.1 Å². The van der Waals surface area contributed by atoms with Gasteiger partial charge in [0.15, 0.2) is 21.3 Å². The maximum Gasteiger partial charge on any atom is 0.272 e. The van der Waals surface area contributed by atoms with E-state index in [1.165, 1.54) is 0 Å². The number of carbonyl (C=O) groups excluding carboxylic acids is 1. The lowest BCUT2D eigenvalue weighted by molar-refractivity contribution is 0.0944. The number of rotatable bonds is 4. The molecule has 2 aromatic rings. The number of fused-ring (bicyclic) bond motifs is 1. The lowest BCUT2D eigenvalue weighted by Gasteiger charge is -2.10. The van der Waals surface area contributed by atoms with Gasteiger partial charge in [0.05, 0.1) is 17.5 Å². The van der Waals surface area contributed by atoms with Crippen LogP contribution in [0.2, 0.25) is 0 Å². The van der Waals surface area contributed by atoms with E-state index < -0.39 is 9.84 Å². The highest BCUT2D eigenvalue weighted by molar-refractivity contribution is 7.91. The van der Waals surface area contributed by atoms with E-state index in [9.17, 15) is 13.2 Å². The van der Waals surface area contributed by atoms with Crippen LogP contribution in [0.15, 0.2) is 24.3 Å². The Morgan fingerprint density at radius 1 is 1.31 bits per heavy atom. The molecule has 0 bridgehead atoms. The van der Waals surface area contributed by atoms with Gasteiger partial charge in [-0.3, -0.25) is 9.48 Å². The predicted molar refractivity (Wildman–Crippen MR) is 93.0 cm³/mol. The van der Waals surface area contributed by atoms with E-state index in [0.717, 1.165) is 11.3 Å². The highest BCUT2D eigenvalue weighted by atomic mass is 32.2. The Morgan fingerprint density at radius 2 is 2.12 bits per heavy atom. The third kappa shape index (κ3) is 3.26. The fraction of sp³-hybridized carbons (Fsp3) is 0.412. The molecule has 138 valence electrons. The third-order valence-corrected chi connectivity index (χ3v) is 6.35. The maximum absolute atomic E-state index is 12.4. The predicted octanol–water partition coefficient (Wildman–Crippen LogP) is 1.21. The zero-order chi connectivity index (χ0) is 18.3. The second kappa shape index (κ2) is 6.31. The summed E-state index contributed by atoms with van der Waals surface area (Å²) < 4.78 is 35.6. The average molecular weight is 377 g/mol. The lowest BCUT2D eigenvalue weighted by Crippen LogP contribution is -2.24. The first-order chi connectivity index (χ1) is 12.4. The molecule has 1 fully saturated rings. The second-order valence-corrected chi connectivity index (χ2v) is 8.77. The number of amides is 1. The molecule has 0 radical (unpaired) electrons. The fourth-order valence-corrected chi connectivity index (χ4v) is 4.95. The van der Waals surface area contributed by atoms with Gasteiger partial charge in [-0.05, 0) is 37.1 Å². The number of benzene rings is 1. The first-order valence-electron chi connectivity index (χ1n) is 8.34. The number of hydrogen-bond acceptors (Lipinski definition) is 6. The van der Waals surface area contributed by atoms with Crippen molar-refractivity contribution in [3.8, 4) is 11.5 Å². The number of aromatic nitrogens is 2. The van der Waals surface area contributed by atoms with Gasteiger partial charge >= 0.3 is 0 Å². The minimum absolute atomic E-state index is 0.0772. The number of nitrogens with one attached hydrogen (secondary N) is 1. The van der Waals surface area contributed by atoms with Crippen molar-refractivity contribution in [1.82, 2.24) is 15.1 Å². The molecule has 0 spiro atoms. The Labute approximate surface area is 151 Å². The van der Waals surface area contributed by atoms with Gasteiger partial charge in [0.25, 0.3) is 5.91 Å². The highest BCUT2D eigenvalue weighted by Gasteiger charge is 2.31. The Morgan fingerprint density at radius 3 is 2.88 bits per heavy atom. The van der Waals surface area contributed by atoms with E-state index in [2.05, 4.69) is 10.4 Å². The van der Waals surface area contributed by atoms with Gasteiger partial charge < -0.3 is 14.8 Å². The van der Waals surface area contributed by atoms with Gasteiger partial charge in [0.2, 0.25) is 6.79 Å². The average Bonchev–Trinajstić information content (AvgIpc) is 3.30. The van der Waals surface area contributed by atoms with Crippen LogP contribution in [0.25, 0.3) is 0 Å². The van der Waals surface area contributed by atoms with E-state index in [0.29, 0.717) is 24.5 Å². The summed E-state index contributed by atoms with van der Waals surface area (Å²) in [6, 6.07) is 6.98. The Bertz CT molecular complexity index is 967. The van der Waals surface area contributed by atoms with Gasteiger partial charge in [-0.1, -0.05) is 6.07 Å². The molecular formula is C17H19N3O5S. The second-order valence-electron chi connectivity index (χ2n) is 6.54. The highest BCUT2D eigenvalue weighted by Crippen LogP contribution is 2.32. The van der Waals surface area contributed by atoms with Crippen molar-refractivity contribution in [2.75, 3.05) is 18.3 Å². The summed E-state index contributed by atoms with van der Waals surface area (Å²) in [5.41, 5.74) is 1.95. The van der Waals surface area contributed by atoms with Crippen LogP contribution >= 0.6 is 0 Å². The van der Waals surface area contributed by atoms with E-state index >= 15 is 0 Å². The van der Waals surface area contributed by atoms with E-state index in [1.54, 1.807) is 10.7 Å². The Hall–Kier alpha value is -2.55. The first-order valence-corrected chi connectivity index (χ1v) is 10.2.